The van der Waals surface area contributed by atoms with Crippen molar-refractivity contribution in [3.05, 3.63) is 52.8 Å². The van der Waals surface area contributed by atoms with Gasteiger partial charge in [-0.1, -0.05) is 36.9 Å². The number of anilines is 2. The third kappa shape index (κ3) is 5.29. The summed E-state index contributed by atoms with van der Waals surface area (Å²) in [5.41, 5.74) is 3.23. The van der Waals surface area contributed by atoms with Crippen molar-refractivity contribution in [2.45, 2.75) is 57.0 Å². The number of carbonyl (C=O) groups excluding carboxylic acids is 1. The second kappa shape index (κ2) is 10.8. The fourth-order valence-electron chi connectivity index (χ4n) is 6.14. The van der Waals surface area contributed by atoms with Gasteiger partial charge in [-0.05, 0) is 55.5 Å². The Hall–Kier alpha value is -2.31. The molecule has 3 aliphatic rings. The predicted molar refractivity (Wildman–Crippen MR) is 139 cm³/mol. The minimum atomic E-state index is -0.300. The van der Waals surface area contributed by atoms with Gasteiger partial charge in [0.15, 0.2) is 5.78 Å². The molecule has 2 atom stereocenters. The van der Waals surface area contributed by atoms with E-state index in [4.69, 9.17) is 16.3 Å². The van der Waals surface area contributed by atoms with Crippen LogP contribution in [0.4, 0.5) is 15.8 Å². The Morgan fingerprint density at radius 2 is 1.83 bits per heavy atom. The fourth-order valence-corrected chi connectivity index (χ4v) is 6.31. The van der Waals surface area contributed by atoms with Crippen molar-refractivity contribution in [2.75, 3.05) is 43.5 Å². The first-order valence-electron chi connectivity index (χ1n) is 12.9. The van der Waals surface area contributed by atoms with Gasteiger partial charge in [-0.3, -0.25) is 9.69 Å². The number of hydrogen-bond acceptors (Lipinski definition) is 5. The molecule has 2 aliphatic heterocycles. The molecule has 0 amide bonds. The lowest BCUT2D eigenvalue weighted by atomic mass is 9.80. The van der Waals surface area contributed by atoms with E-state index in [0.29, 0.717) is 16.6 Å². The molecule has 0 bridgehead atoms. The Bertz CT molecular complexity index is 1050. The van der Waals surface area contributed by atoms with Gasteiger partial charge < -0.3 is 15.0 Å². The summed E-state index contributed by atoms with van der Waals surface area (Å²) in [5, 5.41) is 4.42. The number of ether oxygens (including phenoxy) is 1. The van der Waals surface area contributed by atoms with Gasteiger partial charge in [-0.2, -0.15) is 0 Å². The fraction of sp³-hybridized carbons (Fsp3) is 0.536. The van der Waals surface area contributed by atoms with E-state index >= 15 is 0 Å². The van der Waals surface area contributed by atoms with Crippen LogP contribution in [0, 0.1) is 11.7 Å². The molecule has 188 valence electrons. The van der Waals surface area contributed by atoms with Crippen molar-refractivity contribution in [1.82, 2.24) is 4.90 Å². The van der Waals surface area contributed by atoms with E-state index in [-0.39, 0.29) is 23.8 Å². The quantitative estimate of drug-likeness (QED) is 0.564. The van der Waals surface area contributed by atoms with Gasteiger partial charge in [0.1, 0.15) is 11.6 Å². The number of hydrogen-bond donors (Lipinski definition) is 1. The van der Waals surface area contributed by atoms with Crippen LogP contribution in [0.3, 0.4) is 0 Å². The molecule has 5 rings (SSSR count). The molecule has 35 heavy (non-hydrogen) atoms. The normalized spacial score (nSPS) is 22.3. The molecular formula is C28H35ClFN3O2. The first-order valence-corrected chi connectivity index (χ1v) is 13.3. The van der Waals surface area contributed by atoms with Crippen molar-refractivity contribution in [1.29, 1.82) is 0 Å². The standard InChI is InChI=1S/C28H35ClFN3O2/c1-35-26-18-22(30)10-12-25(26)32-13-15-33(16-14-32)27(28(34)20-5-3-2-4-6-20)23-11-8-19-7-9-21(29)17-24(19)31-23/h7,9-10,12,17-18,20,23,27,31H,2-6,8,11,13-16H2,1H3. The van der Waals surface area contributed by atoms with Crippen molar-refractivity contribution < 1.29 is 13.9 Å². The number of methoxy groups -OCH3 is 1. The highest BCUT2D eigenvalue weighted by Gasteiger charge is 2.40. The maximum Gasteiger partial charge on any atom is 0.155 e. The van der Waals surface area contributed by atoms with E-state index in [0.717, 1.165) is 76.1 Å². The topological polar surface area (TPSA) is 44.8 Å². The number of rotatable bonds is 6. The maximum atomic E-state index is 14.0. The third-order valence-corrected chi connectivity index (χ3v) is 8.24. The minimum Gasteiger partial charge on any atom is -0.494 e. The molecule has 1 saturated carbocycles. The summed E-state index contributed by atoms with van der Waals surface area (Å²) in [6, 6.07) is 10.6. The Kier molecular flexibility index (Phi) is 7.49. The van der Waals surface area contributed by atoms with Gasteiger partial charge >= 0.3 is 0 Å². The molecule has 1 saturated heterocycles. The average molecular weight is 500 g/mol. The molecule has 2 fully saturated rings. The summed E-state index contributed by atoms with van der Waals surface area (Å²) in [7, 11) is 1.58. The Morgan fingerprint density at radius 3 is 2.57 bits per heavy atom. The predicted octanol–water partition coefficient (Wildman–Crippen LogP) is 5.55. The molecule has 0 aromatic heterocycles. The lowest BCUT2D eigenvalue weighted by molar-refractivity contribution is -0.130. The summed E-state index contributed by atoms with van der Waals surface area (Å²) in [5.74, 6) is 0.814. The van der Waals surface area contributed by atoms with E-state index in [9.17, 15) is 9.18 Å². The van der Waals surface area contributed by atoms with Crippen LogP contribution in [0.5, 0.6) is 5.75 Å². The van der Waals surface area contributed by atoms with Gasteiger partial charge in [0.05, 0.1) is 18.8 Å². The Morgan fingerprint density at radius 1 is 1.06 bits per heavy atom. The van der Waals surface area contributed by atoms with E-state index in [1.54, 1.807) is 13.2 Å². The largest absolute Gasteiger partial charge is 0.494 e. The summed E-state index contributed by atoms with van der Waals surface area (Å²) in [4.78, 5) is 18.6. The number of Topliss-reactive ketones (excluding diaryl/α,β-unsaturated/α-hetero) is 1. The van der Waals surface area contributed by atoms with Crippen molar-refractivity contribution in [2.24, 2.45) is 5.92 Å². The molecule has 0 spiro atoms. The molecule has 7 heteroatoms. The highest BCUT2D eigenvalue weighted by Crippen LogP contribution is 2.35. The van der Waals surface area contributed by atoms with Crippen LogP contribution in [-0.2, 0) is 11.2 Å². The maximum absolute atomic E-state index is 14.0. The first-order chi connectivity index (χ1) is 17.0. The smallest absolute Gasteiger partial charge is 0.155 e. The number of benzene rings is 2. The molecule has 0 radical (unpaired) electrons. The molecule has 2 aromatic carbocycles. The highest BCUT2D eigenvalue weighted by molar-refractivity contribution is 6.30. The zero-order chi connectivity index (χ0) is 24.4. The average Bonchev–Trinajstić information content (AvgIpc) is 2.89. The van der Waals surface area contributed by atoms with Crippen molar-refractivity contribution in [3.8, 4) is 5.75 Å². The third-order valence-electron chi connectivity index (χ3n) is 8.01. The number of ketones is 1. The minimum absolute atomic E-state index is 0.0716. The molecule has 1 N–H and O–H groups in total. The second-order valence-corrected chi connectivity index (χ2v) is 10.5. The number of carbonyl (C=O) groups is 1. The van der Waals surface area contributed by atoms with Crippen LogP contribution >= 0.6 is 11.6 Å². The van der Waals surface area contributed by atoms with Crippen molar-refractivity contribution in [3.63, 3.8) is 0 Å². The van der Waals surface area contributed by atoms with E-state index < -0.39 is 0 Å². The second-order valence-electron chi connectivity index (χ2n) is 10.1. The number of halogens is 2. The summed E-state index contributed by atoms with van der Waals surface area (Å²) in [6.45, 7) is 3.10. The highest BCUT2D eigenvalue weighted by atomic mass is 35.5. The van der Waals surface area contributed by atoms with Crippen LogP contribution in [0.25, 0.3) is 0 Å². The van der Waals surface area contributed by atoms with E-state index in [2.05, 4.69) is 21.2 Å². The molecule has 2 heterocycles. The SMILES string of the molecule is COc1cc(F)ccc1N1CCN(C(C(=O)C2CCCCC2)C2CCc3ccc(Cl)cc3N2)CC1. The zero-order valence-electron chi connectivity index (χ0n) is 20.4. The number of aryl methyl sites for hydroxylation is 1. The Labute approximate surface area is 212 Å². The molecule has 2 aromatic rings. The van der Waals surface area contributed by atoms with Crippen LogP contribution in [0.1, 0.15) is 44.1 Å². The molecule has 2 unspecified atom stereocenters. The van der Waals surface area contributed by atoms with Gasteiger partial charge in [-0.25, -0.2) is 4.39 Å². The Balaban J connectivity index is 1.35. The molecular weight excluding hydrogens is 465 g/mol. The number of fused-ring (bicyclic) bond motifs is 1. The monoisotopic (exact) mass is 499 g/mol. The number of piperazine rings is 1. The van der Waals surface area contributed by atoms with Gasteiger partial charge in [0.2, 0.25) is 0 Å². The van der Waals surface area contributed by atoms with Gasteiger partial charge in [0, 0.05) is 54.9 Å². The van der Waals surface area contributed by atoms with Crippen molar-refractivity contribution >= 4 is 28.8 Å². The summed E-state index contributed by atoms with van der Waals surface area (Å²) >= 11 is 6.29. The molecule has 1 aliphatic carbocycles. The van der Waals surface area contributed by atoms with E-state index in [1.807, 2.05) is 12.1 Å². The number of nitrogens with one attached hydrogen (secondary N) is 1. The van der Waals surface area contributed by atoms with Crippen LogP contribution in [0.2, 0.25) is 5.02 Å². The first kappa shape index (κ1) is 24.4. The lowest BCUT2D eigenvalue weighted by Gasteiger charge is -2.45. The number of nitrogens with zero attached hydrogens (tertiary/aromatic N) is 2. The zero-order valence-corrected chi connectivity index (χ0v) is 21.2. The molecule has 5 nitrogen and oxygen atoms in total. The van der Waals surface area contributed by atoms with Crippen LogP contribution in [-0.4, -0.2) is 56.1 Å². The summed E-state index contributed by atoms with van der Waals surface area (Å²) in [6.07, 6.45) is 7.44. The van der Waals surface area contributed by atoms with Crippen LogP contribution in [0.15, 0.2) is 36.4 Å². The van der Waals surface area contributed by atoms with Gasteiger partial charge in [0.25, 0.3) is 0 Å². The van der Waals surface area contributed by atoms with Gasteiger partial charge in [-0.15, -0.1) is 0 Å². The van der Waals surface area contributed by atoms with E-state index in [1.165, 1.54) is 24.1 Å². The lowest BCUT2D eigenvalue weighted by Crippen LogP contribution is -2.60. The van der Waals surface area contributed by atoms with Crippen LogP contribution < -0.4 is 15.0 Å². The summed E-state index contributed by atoms with van der Waals surface area (Å²) < 4.78 is 19.2.